The highest BCUT2D eigenvalue weighted by atomic mass is 16.7. The number of ether oxygens (including phenoxy) is 2. The summed E-state index contributed by atoms with van der Waals surface area (Å²) < 4.78 is 10.7. The molecule has 1 heterocycles. The molecule has 0 saturated carbocycles. The summed E-state index contributed by atoms with van der Waals surface area (Å²) in [7, 11) is 0. The first-order valence-corrected chi connectivity index (χ1v) is 6.72. The predicted octanol–water partition coefficient (Wildman–Crippen LogP) is 3.12. The van der Waals surface area contributed by atoms with Crippen molar-refractivity contribution in [1.82, 2.24) is 0 Å². The van der Waals surface area contributed by atoms with E-state index < -0.39 is 0 Å². The van der Waals surface area contributed by atoms with Crippen molar-refractivity contribution < 1.29 is 14.3 Å². The number of benzene rings is 2. The van der Waals surface area contributed by atoms with Crippen molar-refractivity contribution in [1.29, 1.82) is 0 Å². The highest BCUT2D eigenvalue weighted by molar-refractivity contribution is 5.74. The first-order chi connectivity index (χ1) is 9.84. The second-order valence-electron chi connectivity index (χ2n) is 4.88. The number of carbonyl (C=O) groups excluding carboxylic acids is 1. The zero-order valence-corrected chi connectivity index (χ0v) is 11.1. The Kier molecular flexibility index (Phi) is 3.79. The lowest BCUT2D eigenvalue weighted by Gasteiger charge is -2.30. The van der Waals surface area contributed by atoms with Gasteiger partial charge in [0, 0.05) is 0 Å². The maximum atomic E-state index is 12.1. The van der Waals surface area contributed by atoms with Gasteiger partial charge >= 0.3 is 5.97 Å². The fourth-order valence-electron chi connectivity index (χ4n) is 2.54. The molecular formula is C17H16O3. The third-order valence-corrected chi connectivity index (χ3v) is 3.54. The molecule has 2 atom stereocenters. The minimum Gasteiger partial charge on any atom is -0.438 e. The number of hydrogen-bond donors (Lipinski definition) is 0. The van der Waals surface area contributed by atoms with Crippen molar-refractivity contribution in [3.05, 3.63) is 71.8 Å². The van der Waals surface area contributed by atoms with Gasteiger partial charge in [0.05, 0.1) is 5.92 Å². The molecule has 2 aromatic carbocycles. The van der Waals surface area contributed by atoms with Gasteiger partial charge in [-0.1, -0.05) is 60.7 Å². The lowest BCUT2D eigenvalue weighted by Crippen LogP contribution is -2.34. The molecule has 0 spiro atoms. The fourth-order valence-corrected chi connectivity index (χ4v) is 2.54. The van der Waals surface area contributed by atoms with Crippen LogP contribution in [0.2, 0.25) is 0 Å². The van der Waals surface area contributed by atoms with E-state index in [-0.39, 0.29) is 24.8 Å². The molecular weight excluding hydrogens is 252 g/mol. The molecule has 20 heavy (non-hydrogen) atoms. The summed E-state index contributed by atoms with van der Waals surface area (Å²) in [5, 5.41) is 0. The standard InChI is InChI=1S/C17H16O3/c18-17-15(11-13-7-3-1-4-8-13)16(19-12-20-17)14-9-5-2-6-10-14/h1-10,15-16H,11-12H2/t15-,16-/m0/s1. The van der Waals surface area contributed by atoms with E-state index in [1.807, 2.05) is 60.7 Å². The highest BCUT2D eigenvalue weighted by Gasteiger charge is 2.35. The Balaban J connectivity index is 1.86. The molecule has 0 aliphatic carbocycles. The van der Waals surface area contributed by atoms with Crippen LogP contribution in [0.5, 0.6) is 0 Å². The van der Waals surface area contributed by atoms with Gasteiger partial charge in [-0.15, -0.1) is 0 Å². The van der Waals surface area contributed by atoms with Crippen molar-refractivity contribution in [2.24, 2.45) is 5.92 Å². The number of rotatable bonds is 3. The van der Waals surface area contributed by atoms with Crippen LogP contribution in [-0.2, 0) is 20.7 Å². The minimum absolute atomic E-state index is 0.0314. The SMILES string of the molecule is O=C1OCO[C@@H](c2ccccc2)[C@@H]1Cc1ccccc1. The van der Waals surface area contributed by atoms with Crippen LogP contribution >= 0.6 is 0 Å². The quantitative estimate of drug-likeness (QED) is 0.802. The predicted molar refractivity (Wildman–Crippen MR) is 74.9 cm³/mol. The zero-order chi connectivity index (χ0) is 13.8. The normalized spacial score (nSPS) is 22.3. The summed E-state index contributed by atoms with van der Waals surface area (Å²) >= 11 is 0. The van der Waals surface area contributed by atoms with Crippen LogP contribution in [0.1, 0.15) is 17.2 Å². The molecule has 3 rings (SSSR count). The average molecular weight is 268 g/mol. The Morgan fingerprint density at radius 3 is 2.30 bits per heavy atom. The van der Waals surface area contributed by atoms with Gasteiger partial charge in [0.25, 0.3) is 0 Å². The van der Waals surface area contributed by atoms with Crippen LogP contribution in [0.15, 0.2) is 60.7 Å². The Bertz CT molecular complexity index is 565. The summed E-state index contributed by atoms with van der Waals surface area (Å²) in [4.78, 5) is 12.1. The van der Waals surface area contributed by atoms with E-state index in [1.54, 1.807) is 0 Å². The molecule has 0 radical (unpaired) electrons. The van der Waals surface area contributed by atoms with Crippen LogP contribution < -0.4 is 0 Å². The molecule has 1 fully saturated rings. The first-order valence-electron chi connectivity index (χ1n) is 6.72. The number of hydrogen-bond acceptors (Lipinski definition) is 3. The van der Waals surface area contributed by atoms with E-state index in [1.165, 1.54) is 0 Å². The van der Waals surface area contributed by atoms with E-state index in [4.69, 9.17) is 9.47 Å². The van der Waals surface area contributed by atoms with Crippen LogP contribution in [-0.4, -0.2) is 12.8 Å². The van der Waals surface area contributed by atoms with Gasteiger partial charge in [0.2, 0.25) is 0 Å². The lowest BCUT2D eigenvalue weighted by atomic mass is 9.89. The summed E-state index contributed by atoms with van der Waals surface area (Å²) in [5.74, 6) is -0.484. The van der Waals surface area contributed by atoms with Crippen molar-refractivity contribution in [3.63, 3.8) is 0 Å². The Morgan fingerprint density at radius 2 is 1.60 bits per heavy atom. The summed E-state index contributed by atoms with van der Waals surface area (Å²) in [6, 6.07) is 19.8. The van der Waals surface area contributed by atoms with Gasteiger partial charge < -0.3 is 9.47 Å². The van der Waals surface area contributed by atoms with Crippen molar-refractivity contribution in [3.8, 4) is 0 Å². The van der Waals surface area contributed by atoms with Crippen LogP contribution in [0, 0.1) is 5.92 Å². The second-order valence-corrected chi connectivity index (χ2v) is 4.88. The smallest absolute Gasteiger partial charge is 0.314 e. The average Bonchev–Trinajstić information content (AvgIpc) is 2.51. The molecule has 3 nitrogen and oxygen atoms in total. The van der Waals surface area contributed by atoms with Crippen molar-refractivity contribution >= 4 is 5.97 Å². The molecule has 0 aromatic heterocycles. The molecule has 1 saturated heterocycles. The Labute approximate surface area is 118 Å². The van der Waals surface area contributed by atoms with E-state index in [9.17, 15) is 4.79 Å². The Morgan fingerprint density at radius 1 is 0.950 bits per heavy atom. The topological polar surface area (TPSA) is 35.5 Å². The molecule has 0 bridgehead atoms. The largest absolute Gasteiger partial charge is 0.438 e. The molecule has 2 aromatic rings. The third kappa shape index (κ3) is 2.73. The molecule has 0 unspecified atom stereocenters. The van der Waals surface area contributed by atoms with Crippen LogP contribution in [0.4, 0.5) is 0 Å². The first kappa shape index (κ1) is 12.9. The minimum atomic E-state index is -0.298. The van der Waals surface area contributed by atoms with Gasteiger partial charge in [-0.05, 0) is 17.5 Å². The summed E-state index contributed by atoms with van der Waals surface area (Å²) in [6.45, 7) is 0.0314. The number of esters is 1. The van der Waals surface area contributed by atoms with E-state index in [2.05, 4.69) is 0 Å². The maximum Gasteiger partial charge on any atom is 0.314 e. The van der Waals surface area contributed by atoms with Crippen molar-refractivity contribution in [2.45, 2.75) is 12.5 Å². The monoisotopic (exact) mass is 268 g/mol. The molecule has 3 heteroatoms. The van der Waals surface area contributed by atoms with Crippen LogP contribution in [0.25, 0.3) is 0 Å². The summed E-state index contributed by atoms with van der Waals surface area (Å²) in [5.41, 5.74) is 2.13. The highest BCUT2D eigenvalue weighted by Crippen LogP contribution is 2.32. The van der Waals surface area contributed by atoms with E-state index >= 15 is 0 Å². The number of cyclic esters (lactones) is 1. The van der Waals surface area contributed by atoms with Gasteiger partial charge in [-0.2, -0.15) is 0 Å². The van der Waals surface area contributed by atoms with Crippen molar-refractivity contribution in [2.75, 3.05) is 6.79 Å². The van der Waals surface area contributed by atoms with Crippen LogP contribution in [0.3, 0.4) is 0 Å². The molecule has 0 amide bonds. The molecule has 1 aliphatic rings. The van der Waals surface area contributed by atoms with Gasteiger partial charge in [0.15, 0.2) is 6.79 Å². The van der Waals surface area contributed by atoms with E-state index in [0.29, 0.717) is 6.42 Å². The summed E-state index contributed by atoms with van der Waals surface area (Å²) in [6.07, 6.45) is 0.386. The second kappa shape index (κ2) is 5.88. The van der Waals surface area contributed by atoms with Gasteiger partial charge in [0.1, 0.15) is 6.10 Å². The molecule has 0 N–H and O–H groups in total. The Hall–Kier alpha value is -2.13. The third-order valence-electron chi connectivity index (χ3n) is 3.54. The fraction of sp³-hybridized carbons (Fsp3) is 0.235. The number of carbonyl (C=O) groups is 1. The van der Waals surface area contributed by atoms with E-state index in [0.717, 1.165) is 11.1 Å². The zero-order valence-electron chi connectivity index (χ0n) is 11.1. The molecule has 102 valence electrons. The van der Waals surface area contributed by atoms with Gasteiger partial charge in [-0.3, -0.25) is 4.79 Å². The lowest BCUT2D eigenvalue weighted by molar-refractivity contribution is -0.195. The van der Waals surface area contributed by atoms with Gasteiger partial charge in [-0.25, -0.2) is 0 Å². The molecule has 1 aliphatic heterocycles. The maximum absolute atomic E-state index is 12.1.